The Balaban J connectivity index is 1.92. The second-order valence-corrected chi connectivity index (χ2v) is 4.96. The van der Waals surface area contributed by atoms with Crippen LogP contribution in [0.15, 0.2) is 12.4 Å². The van der Waals surface area contributed by atoms with E-state index in [0.29, 0.717) is 6.61 Å². The van der Waals surface area contributed by atoms with E-state index in [1.807, 2.05) is 19.3 Å². The van der Waals surface area contributed by atoms with Crippen molar-refractivity contribution in [3.05, 3.63) is 18.2 Å². The van der Waals surface area contributed by atoms with Crippen LogP contribution in [0, 0.1) is 5.92 Å². The number of imidazole rings is 1. The molecule has 0 amide bonds. The highest BCUT2D eigenvalue weighted by Gasteiger charge is 2.27. The molecule has 1 fully saturated rings. The zero-order valence-corrected chi connectivity index (χ0v) is 11.8. The Kier molecular flexibility index (Phi) is 4.96. The number of piperidine rings is 1. The highest BCUT2D eigenvalue weighted by atomic mass is 16.5. The van der Waals surface area contributed by atoms with Crippen LogP contribution < -0.4 is 0 Å². The van der Waals surface area contributed by atoms with Gasteiger partial charge in [0, 0.05) is 25.5 Å². The number of aromatic nitrogens is 2. The van der Waals surface area contributed by atoms with E-state index in [4.69, 9.17) is 4.74 Å². The summed E-state index contributed by atoms with van der Waals surface area (Å²) < 4.78 is 7.27. The fourth-order valence-electron chi connectivity index (χ4n) is 2.63. The number of nitrogens with zero attached hydrogens (tertiary/aromatic N) is 3. The number of hydrogen-bond acceptors (Lipinski definition) is 4. The molecule has 1 saturated heterocycles. The van der Waals surface area contributed by atoms with E-state index in [1.54, 1.807) is 0 Å². The van der Waals surface area contributed by atoms with Crippen molar-refractivity contribution < 1.29 is 9.53 Å². The molecule has 0 aromatic carbocycles. The van der Waals surface area contributed by atoms with E-state index < -0.39 is 0 Å². The predicted octanol–water partition coefficient (Wildman–Crippen LogP) is 1.68. The Morgan fingerprint density at radius 2 is 2.37 bits per heavy atom. The second-order valence-electron chi connectivity index (χ2n) is 4.96. The van der Waals surface area contributed by atoms with E-state index in [1.165, 1.54) is 0 Å². The number of esters is 1. The molecule has 0 spiro atoms. The van der Waals surface area contributed by atoms with Gasteiger partial charge in [0.15, 0.2) is 0 Å². The van der Waals surface area contributed by atoms with Gasteiger partial charge in [-0.1, -0.05) is 0 Å². The zero-order chi connectivity index (χ0) is 13.7. The minimum absolute atomic E-state index is 0.0266. The lowest BCUT2D eigenvalue weighted by Crippen LogP contribution is -2.39. The summed E-state index contributed by atoms with van der Waals surface area (Å²) in [5.41, 5.74) is 0. The summed E-state index contributed by atoms with van der Waals surface area (Å²) in [6.45, 7) is 8.01. The van der Waals surface area contributed by atoms with Gasteiger partial charge in [-0.15, -0.1) is 0 Å². The van der Waals surface area contributed by atoms with Crippen LogP contribution in [0.3, 0.4) is 0 Å². The minimum Gasteiger partial charge on any atom is -0.466 e. The van der Waals surface area contributed by atoms with Gasteiger partial charge in [-0.05, 0) is 33.2 Å². The van der Waals surface area contributed by atoms with Gasteiger partial charge in [0.05, 0.1) is 19.1 Å². The molecule has 0 radical (unpaired) electrons. The lowest BCUT2D eigenvalue weighted by atomic mass is 9.98. The van der Waals surface area contributed by atoms with E-state index in [-0.39, 0.29) is 11.9 Å². The summed E-state index contributed by atoms with van der Waals surface area (Å²) in [5, 5.41) is 0. The molecule has 1 atom stereocenters. The van der Waals surface area contributed by atoms with Crippen molar-refractivity contribution in [2.75, 3.05) is 19.7 Å². The smallest absolute Gasteiger partial charge is 0.310 e. The van der Waals surface area contributed by atoms with Crippen LogP contribution in [0.4, 0.5) is 0 Å². The highest BCUT2D eigenvalue weighted by Crippen LogP contribution is 2.19. The number of likely N-dealkylation sites (tertiary alicyclic amines) is 1. The molecular formula is C14H23N3O2. The van der Waals surface area contributed by atoms with E-state index in [9.17, 15) is 4.79 Å². The molecule has 0 N–H and O–H groups in total. The molecule has 0 aliphatic carbocycles. The zero-order valence-electron chi connectivity index (χ0n) is 11.8. The van der Waals surface area contributed by atoms with E-state index >= 15 is 0 Å². The number of hydrogen-bond donors (Lipinski definition) is 0. The average molecular weight is 265 g/mol. The Morgan fingerprint density at radius 3 is 3.11 bits per heavy atom. The summed E-state index contributed by atoms with van der Waals surface area (Å²) in [5.74, 6) is 1.05. The molecule has 0 bridgehead atoms. The Hall–Kier alpha value is -1.36. The third kappa shape index (κ3) is 3.56. The summed E-state index contributed by atoms with van der Waals surface area (Å²) in [6, 6.07) is 0. The van der Waals surface area contributed by atoms with Gasteiger partial charge < -0.3 is 9.30 Å². The number of carbonyl (C=O) groups is 1. The highest BCUT2D eigenvalue weighted by molar-refractivity contribution is 5.72. The van der Waals surface area contributed by atoms with Crippen molar-refractivity contribution in [1.82, 2.24) is 14.5 Å². The van der Waals surface area contributed by atoms with Gasteiger partial charge in [0.1, 0.15) is 5.82 Å². The summed E-state index contributed by atoms with van der Waals surface area (Å²) in [4.78, 5) is 18.5. The second kappa shape index (κ2) is 6.70. The van der Waals surface area contributed by atoms with Gasteiger partial charge in [-0.25, -0.2) is 4.98 Å². The summed E-state index contributed by atoms with van der Waals surface area (Å²) in [6.07, 6.45) is 5.83. The lowest BCUT2D eigenvalue weighted by molar-refractivity contribution is -0.150. The standard InChI is InChI=1S/C14H23N3O2/c1-3-17-9-7-15-13(17)11-16-8-5-6-12(10-16)14(18)19-4-2/h7,9,12H,3-6,8,10-11H2,1-2H3/t12-/m1/s1. The molecule has 19 heavy (non-hydrogen) atoms. The third-order valence-corrected chi connectivity index (χ3v) is 3.63. The Bertz CT molecular complexity index is 417. The molecule has 1 aliphatic heterocycles. The number of rotatable bonds is 5. The predicted molar refractivity (Wildman–Crippen MR) is 72.5 cm³/mol. The topological polar surface area (TPSA) is 47.4 Å². The van der Waals surface area contributed by atoms with Gasteiger partial charge in [-0.3, -0.25) is 9.69 Å². The van der Waals surface area contributed by atoms with Crippen molar-refractivity contribution in [2.24, 2.45) is 5.92 Å². The van der Waals surface area contributed by atoms with E-state index in [2.05, 4.69) is 21.4 Å². The van der Waals surface area contributed by atoms with Crippen LogP contribution in [0.25, 0.3) is 0 Å². The van der Waals surface area contributed by atoms with Gasteiger partial charge in [-0.2, -0.15) is 0 Å². The SMILES string of the molecule is CCOC(=O)[C@@H]1CCCN(Cc2nccn2CC)C1. The molecule has 1 aromatic heterocycles. The first kappa shape index (κ1) is 14.1. The monoisotopic (exact) mass is 265 g/mol. The molecule has 1 aliphatic rings. The van der Waals surface area contributed by atoms with Crippen molar-refractivity contribution in [3.8, 4) is 0 Å². The number of ether oxygens (including phenoxy) is 1. The maximum absolute atomic E-state index is 11.8. The molecule has 0 saturated carbocycles. The van der Waals surface area contributed by atoms with Crippen LogP contribution in [0.5, 0.6) is 0 Å². The fraction of sp³-hybridized carbons (Fsp3) is 0.714. The number of carbonyl (C=O) groups excluding carboxylic acids is 1. The first-order valence-corrected chi connectivity index (χ1v) is 7.13. The molecule has 1 aromatic rings. The van der Waals surface area contributed by atoms with Crippen LogP contribution in [-0.2, 0) is 22.6 Å². The molecule has 5 heteroatoms. The molecule has 5 nitrogen and oxygen atoms in total. The van der Waals surface area contributed by atoms with Crippen molar-refractivity contribution in [2.45, 2.75) is 39.8 Å². The van der Waals surface area contributed by atoms with Gasteiger partial charge >= 0.3 is 5.97 Å². The van der Waals surface area contributed by atoms with Gasteiger partial charge in [0.2, 0.25) is 0 Å². The maximum atomic E-state index is 11.8. The van der Waals surface area contributed by atoms with Crippen molar-refractivity contribution >= 4 is 5.97 Å². The Morgan fingerprint density at radius 1 is 1.53 bits per heavy atom. The van der Waals surface area contributed by atoms with Crippen molar-refractivity contribution in [3.63, 3.8) is 0 Å². The first-order valence-electron chi connectivity index (χ1n) is 7.13. The molecule has 106 valence electrons. The van der Waals surface area contributed by atoms with Crippen molar-refractivity contribution in [1.29, 1.82) is 0 Å². The largest absolute Gasteiger partial charge is 0.466 e. The normalized spacial score (nSPS) is 20.4. The van der Waals surface area contributed by atoms with E-state index in [0.717, 1.165) is 44.8 Å². The quantitative estimate of drug-likeness (QED) is 0.760. The van der Waals surface area contributed by atoms with Crippen LogP contribution in [0.2, 0.25) is 0 Å². The molecule has 0 unspecified atom stereocenters. The van der Waals surface area contributed by atoms with Crippen LogP contribution in [0.1, 0.15) is 32.5 Å². The van der Waals surface area contributed by atoms with Crippen LogP contribution in [-0.4, -0.2) is 40.1 Å². The maximum Gasteiger partial charge on any atom is 0.310 e. The lowest BCUT2D eigenvalue weighted by Gasteiger charge is -2.31. The third-order valence-electron chi connectivity index (χ3n) is 3.63. The average Bonchev–Trinajstić information content (AvgIpc) is 2.86. The minimum atomic E-state index is -0.0500. The Labute approximate surface area is 114 Å². The number of aryl methyl sites for hydroxylation is 1. The first-order chi connectivity index (χ1) is 9.24. The summed E-state index contributed by atoms with van der Waals surface area (Å²) in [7, 11) is 0. The molecule has 2 rings (SSSR count). The fourth-order valence-corrected chi connectivity index (χ4v) is 2.63. The molecular weight excluding hydrogens is 242 g/mol. The van der Waals surface area contributed by atoms with Crippen LogP contribution >= 0.6 is 0 Å². The summed E-state index contributed by atoms with van der Waals surface area (Å²) >= 11 is 0. The molecule has 2 heterocycles. The van der Waals surface area contributed by atoms with Gasteiger partial charge in [0.25, 0.3) is 0 Å².